The van der Waals surface area contributed by atoms with Crippen LogP contribution >= 0.6 is 11.8 Å². The number of nitrogens with one attached hydrogen (secondary N) is 2. The minimum atomic E-state index is 0.500. The third-order valence-corrected chi connectivity index (χ3v) is 4.35. The first kappa shape index (κ1) is 15.4. The number of likely N-dealkylation sites (tertiary alicyclic amines) is 1. The Morgan fingerprint density at radius 2 is 2.15 bits per heavy atom. The second-order valence-electron chi connectivity index (χ2n) is 5.35. The summed E-state index contributed by atoms with van der Waals surface area (Å²) in [6.07, 6.45) is 4.33. The maximum Gasteiger partial charge on any atom is 0.191 e. The summed E-state index contributed by atoms with van der Waals surface area (Å²) < 4.78 is 0. The van der Waals surface area contributed by atoms with Gasteiger partial charge in [-0.25, -0.2) is 9.97 Å². The van der Waals surface area contributed by atoms with Crippen molar-refractivity contribution in [3.05, 3.63) is 6.07 Å². The van der Waals surface area contributed by atoms with Crippen LogP contribution in [-0.2, 0) is 0 Å². The van der Waals surface area contributed by atoms with Gasteiger partial charge < -0.3 is 15.5 Å². The van der Waals surface area contributed by atoms with E-state index in [9.17, 15) is 0 Å². The van der Waals surface area contributed by atoms with Crippen molar-refractivity contribution in [3.8, 4) is 0 Å². The zero-order valence-corrected chi connectivity index (χ0v) is 13.6. The number of anilines is 2. The van der Waals surface area contributed by atoms with Gasteiger partial charge in [-0.15, -0.1) is 0 Å². The van der Waals surface area contributed by atoms with E-state index in [1.807, 2.05) is 12.3 Å². The second kappa shape index (κ2) is 7.13. The maximum atomic E-state index is 4.56. The minimum Gasteiger partial charge on any atom is -0.370 e. The molecule has 1 aliphatic rings. The first-order chi connectivity index (χ1) is 9.62. The average molecular weight is 295 g/mol. The molecule has 1 saturated heterocycles. The van der Waals surface area contributed by atoms with Gasteiger partial charge in [-0.2, -0.15) is 0 Å². The van der Waals surface area contributed by atoms with Crippen LogP contribution < -0.4 is 10.6 Å². The molecule has 0 aromatic carbocycles. The largest absolute Gasteiger partial charge is 0.370 e. The van der Waals surface area contributed by atoms with Crippen LogP contribution in [0.25, 0.3) is 0 Å². The summed E-state index contributed by atoms with van der Waals surface area (Å²) in [5, 5.41) is 7.65. The van der Waals surface area contributed by atoms with E-state index >= 15 is 0 Å². The lowest BCUT2D eigenvalue weighted by molar-refractivity contribution is 0.190. The lowest BCUT2D eigenvalue weighted by Gasteiger charge is -2.35. The molecule has 20 heavy (non-hydrogen) atoms. The average Bonchev–Trinajstić information content (AvgIpc) is 2.43. The number of nitrogens with zero attached hydrogens (tertiary/aromatic N) is 3. The molecule has 0 radical (unpaired) electrons. The Morgan fingerprint density at radius 3 is 2.80 bits per heavy atom. The number of aromatic nitrogens is 2. The molecule has 1 aromatic rings. The van der Waals surface area contributed by atoms with Crippen LogP contribution in [0.1, 0.15) is 26.7 Å². The fraction of sp³-hybridized carbons (Fsp3) is 0.714. The van der Waals surface area contributed by atoms with Gasteiger partial charge in [0.05, 0.1) is 0 Å². The van der Waals surface area contributed by atoms with Crippen molar-refractivity contribution in [1.82, 2.24) is 14.9 Å². The topological polar surface area (TPSA) is 53.1 Å². The van der Waals surface area contributed by atoms with E-state index in [2.05, 4.69) is 46.4 Å². The Balaban J connectivity index is 2.06. The molecule has 0 amide bonds. The van der Waals surface area contributed by atoms with Gasteiger partial charge in [0.2, 0.25) is 0 Å². The summed E-state index contributed by atoms with van der Waals surface area (Å²) in [5.74, 6) is 1.83. The van der Waals surface area contributed by atoms with Crippen LogP contribution in [0.5, 0.6) is 0 Å². The second-order valence-corrected chi connectivity index (χ2v) is 6.12. The van der Waals surface area contributed by atoms with Crippen LogP contribution in [0.2, 0.25) is 0 Å². The van der Waals surface area contributed by atoms with E-state index in [4.69, 9.17) is 0 Å². The molecule has 2 N–H and O–H groups in total. The normalized spacial score (nSPS) is 23.6. The molecule has 0 bridgehead atoms. The van der Waals surface area contributed by atoms with Gasteiger partial charge in [-0.3, -0.25) is 0 Å². The highest BCUT2D eigenvalue weighted by Crippen LogP contribution is 2.22. The van der Waals surface area contributed by atoms with E-state index in [1.165, 1.54) is 0 Å². The molecule has 1 aromatic heterocycles. The van der Waals surface area contributed by atoms with Crippen LogP contribution in [0.4, 0.5) is 11.6 Å². The molecule has 2 atom stereocenters. The molecule has 1 fully saturated rings. The van der Waals surface area contributed by atoms with Gasteiger partial charge in [-0.05, 0) is 40.0 Å². The quantitative estimate of drug-likeness (QED) is 0.643. The van der Waals surface area contributed by atoms with Gasteiger partial charge in [-0.1, -0.05) is 11.8 Å². The Morgan fingerprint density at radius 1 is 1.40 bits per heavy atom. The van der Waals surface area contributed by atoms with Gasteiger partial charge in [0.15, 0.2) is 5.16 Å². The van der Waals surface area contributed by atoms with E-state index in [0.717, 1.165) is 42.7 Å². The van der Waals surface area contributed by atoms with Crippen LogP contribution in [0.15, 0.2) is 11.2 Å². The molecule has 112 valence electrons. The number of thioether (sulfide) groups is 1. The molecular weight excluding hydrogens is 270 g/mol. The molecule has 2 heterocycles. The third kappa shape index (κ3) is 3.99. The van der Waals surface area contributed by atoms with Crippen LogP contribution in [0, 0.1) is 0 Å². The van der Waals surface area contributed by atoms with Gasteiger partial charge >= 0.3 is 0 Å². The lowest BCUT2D eigenvalue weighted by Crippen LogP contribution is -2.42. The first-order valence-corrected chi connectivity index (χ1v) is 8.48. The Labute approximate surface area is 125 Å². The molecule has 6 heteroatoms. The summed E-state index contributed by atoms with van der Waals surface area (Å²) in [4.78, 5) is 11.4. The van der Waals surface area contributed by atoms with E-state index in [0.29, 0.717) is 12.1 Å². The molecule has 0 aliphatic carbocycles. The molecular formula is C14H25N5S. The van der Waals surface area contributed by atoms with Gasteiger partial charge in [0.1, 0.15) is 11.6 Å². The van der Waals surface area contributed by atoms with Crippen molar-refractivity contribution in [2.45, 2.75) is 43.9 Å². The molecule has 5 nitrogen and oxygen atoms in total. The SMILES string of the molecule is CCNc1cc(NC2CCN(C)C(C)C2)nc(SC)n1. The van der Waals surface area contributed by atoms with Crippen molar-refractivity contribution < 1.29 is 0 Å². The van der Waals surface area contributed by atoms with E-state index < -0.39 is 0 Å². The standard InChI is InChI=1S/C14H25N5S/c1-5-15-12-9-13(18-14(17-12)20-4)16-11-6-7-19(3)10(2)8-11/h9-11H,5-8H2,1-4H3,(H2,15,16,17,18). The number of rotatable bonds is 5. The van der Waals surface area contributed by atoms with Crippen molar-refractivity contribution in [2.75, 3.05) is 37.0 Å². The van der Waals surface area contributed by atoms with Crippen LogP contribution in [-0.4, -0.2) is 53.3 Å². The highest BCUT2D eigenvalue weighted by atomic mass is 32.2. The summed E-state index contributed by atoms with van der Waals surface area (Å²) in [6, 6.07) is 3.13. The molecule has 1 aliphatic heterocycles. The van der Waals surface area contributed by atoms with E-state index in [1.54, 1.807) is 11.8 Å². The lowest BCUT2D eigenvalue weighted by atomic mass is 9.99. The van der Waals surface area contributed by atoms with Crippen molar-refractivity contribution in [1.29, 1.82) is 0 Å². The fourth-order valence-corrected chi connectivity index (χ4v) is 2.87. The van der Waals surface area contributed by atoms with Crippen molar-refractivity contribution in [3.63, 3.8) is 0 Å². The molecule has 2 rings (SSSR count). The summed E-state index contributed by atoms with van der Waals surface area (Å²) >= 11 is 1.58. The zero-order valence-electron chi connectivity index (χ0n) is 12.8. The highest BCUT2D eigenvalue weighted by molar-refractivity contribution is 7.98. The van der Waals surface area contributed by atoms with E-state index in [-0.39, 0.29) is 0 Å². The maximum absolute atomic E-state index is 4.56. The monoisotopic (exact) mass is 295 g/mol. The first-order valence-electron chi connectivity index (χ1n) is 7.26. The number of piperidine rings is 1. The Bertz CT molecular complexity index is 440. The van der Waals surface area contributed by atoms with Gasteiger partial charge in [0.25, 0.3) is 0 Å². The molecule has 0 saturated carbocycles. The number of hydrogen-bond donors (Lipinski definition) is 2. The number of hydrogen-bond acceptors (Lipinski definition) is 6. The summed E-state index contributed by atoms with van der Waals surface area (Å²) in [7, 11) is 2.20. The predicted octanol–water partition coefficient (Wildman–Crippen LogP) is 2.52. The minimum absolute atomic E-state index is 0.500. The molecule has 0 spiro atoms. The van der Waals surface area contributed by atoms with Crippen molar-refractivity contribution >= 4 is 23.4 Å². The van der Waals surface area contributed by atoms with Crippen molar-refractivity contribution in [2.24, 2.45) is 0 Å². The zero-order chi connectivity index (χ0) is 14.5. The van der Waals surface area contributed by atoms with Crippen LogP contribution in [0.3, 0.4) is 0 Å². The summed E-state index contributed by atoms with van der Waals surface area (Å²) in [5.41, 5.74) is 0. The third-order valence-electron chi connectivity index (χ3n) is 3.81. The molecule has 2 unspecified atom stereocenters. The summed E-state index contributed by atoms with van der Waals surface area (Å²) in [6.45, 7) is 6.37. The highest BCUT2D eigenvalue weighted by Gasteiger charge is 2.23. The van der Waals surface area contributed by atoms with Gasteiger partial charge in [0, 0.05) is 31.2 Å². The smallest absolute Gasteiger partial charge is 0.191 e. The Kier molecular flexibility index (Phi) is 5.48. The Hall–Kier alpha value is -1.01. The predicted molar refractivity (Wildman–Crippen MR) is 86.7 cm³/mol. The fourth-order valence-electron chi connectivity index (χ4n) is 2.49.